The highest BCUT2D eigenvalue weighted by molar-refractivity contribution is 5.67. The second kappa shape index (κ2) is 11.9. The Bertz CT molecular complexity index is 1030. The van der Waals surface area contributed by atoms with Crippen LogP contribution in [-0.4, -0.2) is 86.8 Å². The molecule has 4 N–H and O–H groups in total. The van der Waals surface area contributed by atoms with Crippen LogP contribution in [0.1, 0.15) is 37.7 Å². The highest BCUT2D eigenvalue weighted by atomic mass is 16.5. The van der Waals surface area contributed by atoms with E-state index in [9.17, 15) is 5.11 Å². The molecule has 4 heterocycles. The molecular formula is C28H42N6O3. The molecule has 37 heavy (non-hydrogen) atoms. The molecule has 0 bridgehead atoms. The van der Waals surface area contributed by atoms with E-state index in [1.165, 1.54) is 25.7 Å². The number of nitrogens with one attached hydrogen (secondary N) is 3. The van der Waals surface area contributed by atoms with Crippen molar-refractivity contribution in [3.05, 3.63) is 29.8 Å². The zero-order valence-electron chi connectivity index (χ0n) is 22.3. The van der Waals surface area contributed by atoms with Crippen molar-refractivity contribution in [1.82, 2.24) is 20.6 Å². The van der Waals surface area contributed by atoms with Crippen LogP contribution in [0.4, 0.5) is 11.6 Å². The summed E-state index contributed by atoms with van der Waals surface area (Å²) in [4.78, 5) is 12.6. The molecule has 0 amide bonds. The van der Waals surface area contributed by atoms with Gasteiger partial charge < -0.3 is 35.4 Å². The van der Waals surface area contributed by atoms with Crippen molar-refractivity contribution in [1.29, 1.82) is 0 Å². The predicted octanol–water partition coefficient (Wildman–Crippen LogP) is 2.58. The minimum absolute atomic E-state index is 0.226. The van der Waals surface area contributed by atoms with Crippen molar-refractivity contribution in [3.63, 3.8) is 0 Å². The van der Waals surface area contributed by atoms with Crippen molar-refractivity contribution in [2.75, 3.05) is 69.8 Å². The lowest BCUT2D eigenvalue weighted by molar-refractivity contribution is 0.108. The minimum atomic E-state index is -0.567. The Morgan fingerprint density at radius 1 is 1.22 bits per heavy atom. The average molecular weight is 511 g/mol. The number of piperidine rings is 2. The largest absolute Gasteiger partial charge is 0.491 e. The van der Waals surface area contributed by atoms with Crippen LogP contribution in [0.25, 0.3) is 11.4 Å². The fraction of sp³-hybridized carbons (Fsp3) is 0.643. The molecule has 2 aromatic rings. The number of likely N-dealkylation sites (N-methyl/N-ethyl adjacent to an activating group) is 1. The number of aliphatic hydroxyl groups excluding tert-OH is 1. The molecule has 5 rings (SSSR count). The van der Waals surface area contributed by atoms with Gasteiger partial charge in [0.15, 0.2) is 5.82 Å². The third-order valence-corrected chi connectivity index (χ3v) is 8.15. The Morgan fingerprint density at radius 2 is 2.03 bits per heavy atom. The van der Waals surface area contributed by atoms with Crippen LogP contribution in [-0.2, 0) is 4.74 Å². The van der Waals surface area contributed by atoms with Crippen LogP contribution < -0.4 is 25.6 Å². The molecule has 3 aliphatic heterocycles. The molecule has 2 atom stereocenters. The smallest absolute Gasteiger partial charge is 0.164 e. The molecule has 0 aliphatic carbocycles. The van der Waals surface area contributed by atoms with Gasteiger partial charge in [0.05, 0.1) is 12.6 Å². The third kappa shape index (κ3) is 6.34. The Morgan fingerprint density at radius 3 is 2.76 bits per heavy atom. The zero-order valence-corrected chi connectivity index (χ0v) is 22.3. The van der Waals surface area contributed by atoms with E-state index >= 15 is 0 Å². The van der Waals surface area contributed by atoms with Crippen molar-refractivity contribution in [3.8, 4) is 17.1 Å². The first-order chi connectivity index (χ1) is 18.0. The number of anilines is 2. The lowest BCUT2D eigenvalue weighted by Gasteiger charge is -2.45. The summed E-state index contributed by atoms with van der Waals surface area (Å²) in [6, 6.07) is 8.11. The number of aromatic nitrogens is 2. The lowest BCUT2D eigenvalue weighted by Crippen LogP contribution is -2.46. The first-order valence-electron chi connectivity index (χ1n) is 13.8. The number of hydrogen-bond donors (Lipinski definition) is 4. The summed E-state index contributed by atoms with van der Waals surface area (Å²) < 4.78 is 11.5. The molecule has 3 aliphatic rings. The van der Waals surface area contributed by atoms with Crippen molar-refractivity contribution < 1.29 is 14.6 Å². The summed E-state index contributed by atoms with van der Waals surface area (Å²) in [5, 5.41) is 20.2. The number of benzene rings is 1. The van der Waals surface area contributed by atoms with Gasteiger partial charge in [-0.25, -0.2) is 9.97 Å². The van der Waals surface area contributed by atoms with Gasteiger partial charge in [-0.05, 0) is 76.7 Å². The monoisotopic (exact) mass is 510 g/mol. The van der Waals surface area contributed by atoms with E-state index in [0.29, 0.717) is 30.1 Å². The highest BCUT2D eigenvalue weighted by Gasteiger charge is 2.36. The Kier molecular flexibility index (Phi) is 8.44. The highest BCUT2D eigenvalue weighted by Crippen LogP contribution is 2.41. The Balaban J connectivity index is 1.40. The molecule has 1 spiro atoms. The molecule has 3 fully saturated rings. The second-order valence-electron chi connectivity index (χ2n) is 10.8. The summed E-state index contributed by atoms with van der Waals surface area (Å²) in [7, 11) is 1.81. The summed E-state index contributed by atoms with van der Waals surface area (Å²) in [5.74, 6) is 3.28. The van der Waals surface area contributed by atoms with Crippen LogP contribution >= 0.6 is 0 Å². The molecule has 3 saturated heterocycles. The van der Waals surface area contributed by atoms with Crippen molar-refractivity contribution in [2.24, 2.45) is 5.41 Å². The number of ether oxygens (including phenoxy) is 2. The van der Waals surface area contributed by atoms with Gasteiger partial charge in [0, 0.05) is 37.4 Å². The van der Waals surface area contributed by atoms with Gasteiger partial charge in [-0.2, -0.15) is 0 Å². The number of aliphatic hydroxyl groups is 1. The molecule has 9 nitrogen and oxygen atoms in total. The van der Waals surface area contributed by atoms with Crippen LogP contribution in [0.3, 0.4) is 0 Å². The van der Waals surface area contributed by atoms with Gasteiger partial charge in [0.2, 0.25) is 0 Å². The third-order valence-electron chi connectivity index (χ3n) is 8.15. The van der Waals surface area contributed by atoms with Crippen molar-refractivity contribution >= 4 is 11.6 Å². The average Bonchev–Trinajstić information content (AvgIpc) is 3.43. The van der Waals surface area contributed by atoms with E-state index in [4.69, 9.17) is 19.4 Å². The van der Waals surface area contributed by atoms with E-state index in [-0.39, 0.29) is 12.6 Å². The van der Waals surface area contributed by atoms with Gasteiger partial charge in [-0.3, -0.25) is 0 Å². The van der Waals surface area contributed by atoms with Gasteiger partial charge in [-0.15, -0.1) is 0 Å². The van der Waals surface area contributed by atoms with Crippen LogP contribution in [0.5, 0.6) is 5.75 Å². The van der Waals surface area contributed by atoms with Crippen LogP contribution in [0.15, 0.2) is 24.3 Å². The van der Waals surface area contributed by atoms with E-state index in [2.05, 4.69) is 27.8 Å². The molecule has 1 unspecified atom stereocenters. The standard InChI is InChI=1S/C28H42N6O3/c1-20-25(31-22-6-15-36-18-22)32-26(21-4-3-5-24(16-21)37-19-23(35)17-29-2)33-27(20)34-13-9-28(10-14-34)7-11-30-12-8-28/h3-5,16,22-23,29-30,35H,6-15,17-19H2,1-2H3,(H,31,32,33)/t22-,23?/m1/s1. The molecule has 9 heteroatoms. The zero-order chi connectivity index (χ0) is 25.7. The van der Waals surface area contributed by atoms with Crippen LogP contribution in [0.2, 0.25) is 0 Å². The first-order valence-corrected chi connectivity index (χ1v) is 13.8. The SMILES string of the molecule is CNCC(O)COc1cccc(-c2nc(N[C@@H]3CCOC3)c(C)c(N3CCC4(CCNCC4)CC3)n2)c1. The summed E-state index contributed by atoms with van der Waals surface area (Å²) in [5.41, 5.74) is 2.48. The maximum atomic E-state index is 10.0. The summed E-state index contributed by atoms with van der Waals surface area (Å²) in [6.07, 6.45) is 5.39. The molecule has 202 valence electrons. The molecule has 1 aromatic heterocycles. The molecule has 0 saturated carbocycles. The van der Waals surface area contributed by atoms with Crippen molar-refractivity contribution in [2.45, 2.75) is 51.2 Å². The molecule has 1 aromatic carbocycles. The maximum absolute atomic E-state index is 10.0. The first kappa shape index (κ1) is 26.2. The minimum Gasteiger partial charge on any atom is -0.491 e. The normalized spacial score (nSPS) is 22.2. The van der Waals surface area contributed by atoms with E-state index in [1.54, 1.807) is 0 Å². The van der Waals surface area contributed by atoms with Gasteiger partial charge in [0.25, 0.3) is 0 Å². The Hall–Kier alpha value is -2.46. The topological polar surface area (TPSA) is 104 Å². The van der Waals surface area contributed by atoms with Gasteiger partial charge in [-0.1, -0.05) is 12.1 Å². The second-order valence-corrected chi connectivity index (χ2v) is 10.8. The lowest BCUT2D eigenvalue weighted by atomic mass is 9.71. The van der Waals surface area contributed by atoms with E-state index in [1.807, 2.05) is 31.3 Å². The van der Waals surface area contributed by atoms with Crippen LogP contribution in [0, 0.1) is 12.3 Å². The number of rotatable bonds is 9. The molecular weight excluding hydrogens is 468 g/mol. The Labute approximate surface area is 220 Å². The number of hydrogen-bond acceptors (Lipinski definition) is 9. The van der Waals surface area contributed by atoms with Gasteiger partial charge in [0.1, 0.15) is 30.1 Å². The van der Waals surface area contributed by atoms with E-state index < -0.39 is 6.10 Å². The fourth-order valence-corrected chi connectivity index (χ4v) is 5.79. The number of nitrogens with zero attached hydrogens (tertiary/aromatic N) is 3. The molecule has 0 radical (unpaired) electrons. The summed E-state index contributed by atoms with van der Waals surface area (Å²) in [6.45, 7) is 8.65. The predicted molar refractivity (Wildman–Crippen MR) is 146 cm³/mol. The quantitative estimate of drug-likeness (QED) is 0.405. The van der Waals surface area contributed by atoms with E-state index in [0.717, 1.165) is 62.0 Å². The van der Waals surface area contributed by atoms with Gasteiger partial charge >= 0.3 is 0 Å². The maximum Gasteiger partial charge on any atom is 0.164 e. The summed E-state index contributed by atoms with van der Waals surface area (Å²) >= 11 is 0. The fourth-order valence-electron chi connectivity index (χ4n) is 5.79.